The molecule has 2 rings (SSSR count). The van der Waals surface area contributed by atoms with Gasteiger partial charge in [0, 0.05) is 11.1 Å². The van der Waals surface area contributed by atoms with Gasteiger partial charge in [0.15, 0.2) is 11.5 Å². The first-order valence-corrected chi connectivity index (χ1v) is 10.3. The highest BCUT2D eigenvalue weighted by atomic mass is 35.5. The number of benzene rings is 2. The maximum absolute atomic E-state index is 11.9. The number of methoxy groups -OCH3 is 2. The summed E-state index contributed by atoms with van der Waals surface area (Å²) in [6, 6.07) is 4.76. The van der Waals surface area contributed by atoms with E-state index in [2.05, 4.69) is 0 Å². The Morgan fingerprint density at radius 3 is 1.27 bits per heavy atom. The molecule has 0 heterocycles. The molecule has 0 spiro atoms. The van der Waals surface area contributed by atoms with E-state index in [1.54, 1.807) is 0 Å². The van der Waals surface area contributed by atoms with E-state index in [1.807, 2.05) is 0 Å². The summed E-state index contributed by atoms with van der Waals surface area (Å²) >= 11 is 11.8. The van der Waals surface area contributed by atoms with Crippen LogP contribution in [0.2, 0.25) is 10.0 Å². The molecular weight excluding hydrogens is 431 g/mol. The van der Waals surface area contributed by atoms with Crippen molar-refractivity contribution in [2.75, 3.05) is 14.2 Å². The van der Waals surface area contributed by atoms with Gasteiger partial charge in [-0.15, -0.1) is 0 Å². The second kappa shape index (κ2) is 7.22. The maximum Gasteiger partial charge on any atom is 0.298 e. The van der Waals surface area contributed by atoms with Gasteiger partial charge >= 0.3 is 0 Å². The fourth-order valence-corrected chi connectivity index (χ4v) is 4.74. The van der Waals surface area contributed by atoms with Crippen LogP contribution in [-0.2, 0) is 20.2 Å². The molecule has 2 aromatic rings. The monoisotopic (exact) mass is 442 g/mol. The van der Waals surface area contributed by atoms with Crippen molar-refractivity contribution in [3.05, 3.63) is 34.3 Å². The zero-order valence-corrected chi connectivity index (χ0v) is 16.4. The SMILES string of the molecule is COc1c(Cl)ccc(-c2ccc(Cl)c(OC)c2S(=O)(=O)O)c1S(=O)(=O)O. The van der Waals surface area contributed by atoms with Crippen molar-refractivity contribution in [3.8, 4) is 22.6 Å². The molecule has 142 valence electrons. The molecule has 2 N–H and O–H groups in total. The Hall–Kier alpha value is -1.56. The number of hydrogen-bond donors (Lipinski definition) is 2. The Bertz CT molecular complexity index is 991. The van der Waals surface area contributed by atoms with Crippen LogP contribution >= 0.6 is 23.2 Å². The van der Waals surface area contributed by atoms with Crippen LogP contribution in [0.5, 0.6) is 11.5 Å². The molecule has 0 aliphatic heterocycles. The molecule has 0 saturated carbocycles. The van der Waals surface area contributed by atoms with Gasteiger partial charge in [-0.25, -0.2) is 0 Å². The van der Waals surface area contributed by atoms with Crippen molar-refractivity contribution in [2.24, 2.45) is 0 Å². The Morgan fingerprint density at radius 2 is 1.04 bits per heavy atom. The summed E-state index contributed by atoms with van der Waals surface area (Å²) in [6.07, 6.45) is 0. The van der Waals surface area contributed by atoms with Gasteiger partial charge in [-0.2, -0.15) is 16.8 Å². The lowest BCUT2D eigenvalue weighted by Crippen LogP contribution is -2.08. The van der Waals surface area contributed by atoms with Gasteiger partial charge in [-0.1, -0.05) is 35.3 Å². The van der Waals surface area contributed by atoms with Gasteiger partial charge in [-0.05, 0) is 12.1 Å². The molecule has 8 nitrogen and oxygen atoms in total. The van der Waals surface area contributed by atoms with E-state index >= 15 is 0 Å². The predicted octanol–water partition coefficient (Wildman–Crippen LogP) is 3.17. The zero-order chi connectivity index (χ0) is 19.9. The predicted molar refractivity (Wildman–Crippen MR) is 94.6 cm³/mol. The Labute approximate surface area is 159 Å². The average Bonchev–Trinajstić information content (AvgIpc) is 2.52. The quantitative estimate of drug-likeness (QED) is 0.675. The summed E-state index contributed by atoms with van der Waals surface area (Å²) in [6.45, 7) is 0. The lowest BCUT2D eigenvalue weighted by atomic mass is 10.0. The summed E-state index contributed by atoms with van der Waals surface area (Å²) in [4.78, 5) is -1.55. The van der Waals surface area contributed by atoms with Gasteiger partial charge in [0.05, 0.1) is 24.3 Å². The van der Waals surface area contributed by atoms with Crippen molar-refractivity contribution in [3.63, 3.8) is 0 Å². The van der Waals surface area contributed by atoms with Crippen LogP contribution in [0, 0.1) is 0 Å². The lowest BCUT2D eigenvalue weighted by Gasteiger charge is -2.17. The third-order valence-electron chi connectivity index (χ3n) is 3.34. The van der Waals surface area contributed by atoms with Gasteiger partial charge in [0.1, 0.15) is 9.79 Å². The largest absolute Gasteiger partial charge is 0.494 e. The van der Waals surface area contributed by atoms with Gasteiger partial charge < -0.3 is 9.47 Å². The highest BCUT2D eigenvalue weighted by Gasteiger charge is 2.31. The van der Waals surface area contributed by atoms with E-state index in [0.717, 1.165) is 26.4 Å². The summed E-state index contributed by atoms with van der Waals surface area (Å²) in [7, 11) is -7.56. The van der Waals surface area contributed by atoms with Gasteiger partial charge in [0.25, 0.3) is 20.2 Å². The highest BCUT2D eigenvalue weighted by molar-refractivity contribution is 7.86. The second-order valence-electron chi connectivity index (χ2n) is 4.86. The Balaban J connectivity index is 3.09. The third kappa shape index (κ3) is 3.75. The Kier molecular flexibility index (Phi) is 5.76. The maximum atomic E-state index is 11.9. The molecule has 0 unspecified atom stereocenters. The van der Waals surface area contributed by atoms with Crippen LogP contribution in [0.15, 0.2) is 34.1 Å². The molecule has 0 aromatic heterocycles. The normalized spacial score (nSPS) is 12.1. The summed E-state index contributed by atoms with van der Waals surface area (Å²) < 4.78 is 76.6. The summed E-state index contributed by atoms with van der Waals surface area (Å²) in [5.74, 6) is -0.802. The number of hydrogen-bond acceptors (Lipinski definition) is 6. The molecule has 0 fully saturated rings. The molecule has 0 atom stereocenters. The van der Waals surface area contributed by atoms with Gasteiger partial charge in [-0.3, -0.25) is 9.11 Å². The number of halogens is 2. The molecule has 0 radical (unpaired) electrons. The summed E-state index contributed by atoms with van der Waals surface area (Å²) in [5.41, 5.74) is -0.590. The first kappa shape index (κ1) is 20.7. The van der Waals surface area contributed by atoms with Gasteiger partial charge in [0.2, 0.25) is 0 Å². The fourth-order valence-electron chi connectivity index (χ4n) is 2.39. The molecule has 0 amide bonds. The number of rotatable bonds is 5. The molecule has 0 aliphatic rings. The Morgan fingerprint density at radius 1 is 0.731 bits per heavy atom. The van der Waals surface area contributed by atoms with E-state index in [1.165, 1.54) is 12.1 Å². The third-order valence-corrected chi connectivity index (χ3v) is 5.78. The van der Waals surface area contributed by atoms with Crippen LogP contribution < -0.4 is 9.47 Å². The zero-order valence-electron chi connectivity index (χ0n) is 13.2. The molecular formula is C14H12Cl2O8S2. The molecule has 2 aromatic carbocycles. The molecule has 0 saturated heterocycles. The second-order valence-corrected chi connectivity index (χ2v) is 8.40. The van der Waals surface area contributed by atoms with Crippen LogP contribution in [0.1, 0.15) is 0 Å². The first-order chi connectivity index (χ1) is 11.9. The lowest BCUT2D eigenvalue weighted by molar-refractivity contribution is 0.396. The van der Waals surface area contributed by atoms with E-state index in [0.29, 0.717) is 0 Å². The van der Waals surface area contributed by atoms with Crippen LogP contribution in [-0.4, -0.2) is 40.2 Å². The van der Waals surface area contributed by atoms with Crippen molar-refractivity contribution >= 4 is 43.4 Å². The van der Waals surface area contributed by atoms with Crippen molar-refractivity contribution in [2.45, 2.75) is 9.79 Å². The topological polar surface area (TPSA) is 127 Å². The van der Waals surface area contributed by atoms with E-state index in [4.69, 9.17) is 32.7 Å². The van der Waals surface area contributed by atoms with Crippen LogP contribution in [0.4, 0.5) is 0 Å². The first-order valence-electron chi connectivity index (χ1n) is 6.61. The van der Waals surface area contributed by atoms with Crippen molar-refractivity contribution in [1.29, 1.82) is 0 Å². The molecule has 26 heavy (non-hydrogen) atoms. The molecule has 0 bridgehead atoms. The summed E-state index contributed by atoms with van der Waals surface area (Å²) in [5, 5.41) is -0.281. The highest BCUT2D eigenvalue weighted by Crippen LogP contribution is 2.45. The minimum Gasteiger partial charge on any atom is -0.494 e. The minimum absolute atomic E-state index is 0.141. The van der Waals surface area contributed by atoms with Crippen LogP contribution in [0.3, 0.4) is 0 Å². The van der Waals surface area contributed by atoms with E-state index < -0.39 is 41.5 Å². The van der Waals surface area contributed by atoms with Crippen molar-refractivity contribution < 1.29 is 35.4 Å². The smallest absolute Gasteiger partial charge is 0.298 e. The van der Waals surface area contributed by atoms with E-state index in [9.17, 15) is 25.9 Å². The number of ether oxygens (including phenoxy) is 2. The average molecular weight is 443 g/mol. The van der Waals surface area contributed by atoms with Crippen molar-refractivity contribution in [1.82, 2.24) is 0 Å². The fraction of sp³-hybridized carbons (Fsp3) is 0.143. The minimum atomic E-state index is -4.90. The van der Waals surface area contributed by atoms with Crippen LogP contribution in [0.25, 0.3) is 11.1 Å². The standard InChI is InChI=1S/C14H12Cl2O8S2/c1-23-11-9(15)5-3-7(13(11)25(17,18)19)8-4-6-10(16)12(24-2)14(8)26(20,21)22/h3-6H,1-2H3,(H,17,18,19)(H,20,21,22). The molecule has 12 heteroatoms. The van der Waals surface area contributed by atoms with E-state index in [-0.39, 0.29) is 21.2 Å². The molecule has 0 aliphatic carbocycles.